The average molecular weight is 276 g/mol. The third kappa shape index (κ3) is 3.59. The fourth-order valence-electron chi connectivity index (χ4n) is 2.78. The second-order valence-electron chi connectivity index (χ2n) is 5.06. The van der Waals surface area contributed by atoms with E-state index in [1.165, 1.54) is 0 Å². The molecule has 0 aromatic carbocycles. The average Bonchev–Trinajstić information content (AvgIpc) is 2.81. The molecule has 2 rings (SSSR count). The Morgan fingerprint density at radius 2 is 2.06 bits per heavy atom. The van der Waals surface area contributed by atoms with E-state index in [1.807, 2.05) is 0 Å². The molecule has 2 heterocycles. The molecule has 104 valence electrons. The van der Waals surface area contributed by atoms with Crippen molar-refractivity contribution in [3.05, 3.63) is 0 Å². The third-order valence-corrected chi connectivity index (χ3v) is 3.78. The van der Waals surface area contributed by atoms with Gasteiger partial charge in [-0.1, -0.05) is 0 Å². The molecule has 18 heavy (non-hydrogen) atoms. The molecule has 0 spiro atoms. The summed E-state index contributed by atoms with van der Waals surface area (Å²) in [5.41, 5.74) is 5.36. The molecular weight excluding hydrogens is 254 g/mol. The van der Waals surface area contributed by atoms with Crippen LogP contribution >= 0.6 is 12.4 Å². The maximum absolute atomic E-state index is 12.2. The van der Waals surface area contributed by atoms with Crippen molar-refractivity contribution in [2.75, 3.05) is 19.6 Å². The van der Waals surface area contributed by atoms with Crippen LogP contribution in [0.1, 0.15) is 32.1 Å². The smallest absolute Gasteiger partial charge is 0.240 e. The van der Waals surface area contributed by atoms with E-state index >= 15 is 0 Å². The van der Waals surface area contributed by atoms with E-state index in [0.717, 1.165) is 38.8 Å². The van der Waals surface area contributed by atoms with Crippen LogP contribution in [0.15, 0.2) is 0 Å². The van der Waals surface area contributed by atoms with Crippen molar-refractivity contribution in [3.63, 3.8) is 0 Å². The van der Waals surface area contributed by atoms with Crippen LogP contribution in [-0.4, -0.2) is 42.4 Å². The highest BCUT2D eigenvalue weighted by Gasteiger charge is 2.31. The van der Waals surface area contributed by atoms with Gasteiger partial charge in [-0.2, -0.15) is 0 Å². The number of nitrogens with one attached hydrogen (secondary N) is 1. The fraction of sp³-hybridized carbons (Fsp3) is 0.833. The number of amides is 2. The largest absolute Gasteiger partial charge is 0.368 e. The minimum absolute atomic E-state index is 0. The molecule has 0 aromatic heterocycles. The van der Waals surface area contributed by atoms with Crippen LogP contribution in [0.2, 0.25) is 0 Å². The van der Waals surface area contributed by atoms with Crippen molar-refractivity contribution < 1.29 is 9.59 Å². The molecular formula is C12H22ClN3O2. The summed E-state index contributed by atoms with van der Waals surface area (Å²) in [6.45, 7) is 2.60. The minimum Gasteiger partial charge on any atom is -0.368 e. The molecule has 0 radical (unpaired) electrons. The number of halogens is 1. The normalized spacial score (nSPS) is 27.7. The highest BCUT2D eigenvalue weighted by molar-refractivity contribution is 5.87. The number of hydrogen-bond donors (Lipinski definition) is 2. The van der Waals surface area contributed by atoms with Crippen LogP contribution in [0.4, 0.5) is 0 Å². The number of nitrogens with two attached hydrogens (primary N) is 1. The molecule has 0 aromatic rings. The van der Waals surface area contributed by atoms with Gasteiger partial charge in [-0.25, -0.2) is 0 Å². The number of hydrogen-bond acceptors (Lipinski definition) is 3. The molecule has 2 unspecified atom stereocenters. The zero-order valence-electron chi connectivity index (χ0n) is 10.6. The van der Waals surface area contributed by atoms with Crippen LogP contribution in [0.3, 0.4) is 0 Å². The molecule has 6 heteroatoms. The molecule has 2 saturated heterocycles. The number of rotatable bonds is 3. The first-order valence-corrected chi connectivity index (χ1v) is 6.48. The molecule has 2 amide bonds. The number of piperidine rings is 1. The first kappa shape index (κ1) is 15.2. The molecule has 2 atom stereocenters. The molecule has 5 nitrogen and oxygen atoms in total. The first-order valence-electron chi connectivity index (χ1n) is 6.48. The summed E-state index contributed by atoms with van der Waals surface area (Å²) in [4.78, 5) is 25.2. The van der Waals surface area contributed by atoms with Gasteiger partial charge in [-0.15, -0.1) is 12.4 Å². The van der Waals surface area contributed by atoms with E-state index in [1.54, 1.807) is 4.90 Å². The predicted molar refractivity (Wildman–Crippen MR) is 71.4 cm³/mol. The van der Waals surface area contributed by atoms with Crippen molar-refractivity contribution in [3.8, 4) is 0 Å². The Kier molecular flexibility index (Phi) is 5.88. The number of carbonyl (C=O) groups is 2. The lowest BCUT2D eigenvalue weighted by Crippen LogP contribution is -2.50. The molecule has 2 fully saturated rings. The summed E-state index contributed by atoms with van der Waals surface area (Å²) >= 11 is 0. The summed E-state index contributed by atoms with van der Waals surface area (Å²) in [7, 11) is 0. The SMILES string of the molecule is Cl.NC(=O)C1CCCCN1C(=O)CC1CCNC1. The lowest BCUT2D eigenvalue weighted by molar-refractivity contribution is -0.141. The monoisotopic (exact) mass is 275 g/mol. The second kappa shape index (κ2) is 6.95. The van der Waals surface area contributed by atoms with E-state index in [4.69, 9.17) is 5.73 Å². The van der Waals surface area contributed by atoms with E-state index in [0.29, 0.717) is 18.9 Å². The second-order valence-corrected chi connectivity index (χ2v) is 5.06. The first-order chi connectivity index (χ1) is 8.18. The highest BCUT2D eigenvalue weighted by atomic mass is 35.5. The van der Waals surface area contributed by atoms with Crippen molar-refractivity contribution in [1.82, 2.24) is 10.2 Å². The van der Waals surface area contributed by atoms with Crippen molar-refractivity contribution in [2.45, 2.75) is 38.1 Å². The molecule has 3 N–H and O–H groups in total. The molecule has 0 bridgehead atoms. The summed E-state index contributed by atoms with van der Waals surface area (Å²) in [5, 5.41) is 3.25. The molecule has 0 aliphatic carbocycles. The summed E-state index contributed by atoms with van der Waals surface area (Å²) < 4.78 is 0. The summed E-state index contributed by atoms with van der Waals surface area (Å²) in [6, 6.07) is -0.370. The van der Waals surface area contributed by atoms with Gasteiger partial charge in [0, 0.05) is 13.0 Å². The van der Waals surface area contributed by atoms with Crippen molar-refractivity contribution >= 4 is 24.2 Å². The Labute approximate surface area is 114 Å². The third-order valence-electron chi connectivity index (χ3n) is 3.78. The van der Waals surface area contributed by atoms with Gasteiger partial charge < -0.3 is 16.0 Å². The summed E-state index contributed by atoms with van der Waals surface area (Å²) in [5.74, 6) is 0.169. The highest BCUT2D eigenvalue weighted by Crippen LogP contribution is 2.21. The van der Waals surface area contributed by atoms with Gasteiger partial charge in [0.25, 0.3) is 0 Å². The Balaban J connectivity index is 0.00000162. The van der Waals surface area contributed by atoms with Crippen LogP contribution in [-0.2, 0) is 9.59 Å². The maximum Gasteiger partial charge on any atom is 0.240 e. The standard InChI is InChI=1S/C12H21N3O2.ClH/c13-12(17)10-3-1-2-6-15(10)11(16)7-9-4-5-14-8-9;/h9-10,14H,1-8H2,(H2,13,17);1H. The lowest BCUT2D eigenvalue weighted by atomic mass is 9.98. The zero-order valence-corrected chi connectivity index (χ0v) is 11.4. The number of carbonyl (C=O) groups excluding carboxylic acids is 2. The van der Waals surface area contributed by atoms with Gasteiger partial charge in [0.05, 0.1) is 0 Å². The number of primary amides is 1. The van der Waals surface area contributed by atoms with Gasteiger partial charge in [0.15, 0.2) is 0 Å². The maximum atomic E-state index is 12.2. The summed E-state index contributed by atoms with van der Waals surface area (Å²) in [6.07, 6.45) is 4.31. The van der Waals surface area contributed by atoms with Crippen LogP contribution in [0.5, 0.6) is 0 Å². The lowest BCUT2D eigenvalue weighted by Gasteiger charge is -2.34. The Hall–Kier alpha value is -0.810. The molecule has 2 aliphatic heterocycles. The van der Waals surface area contributed by atoms with Gasteiger partial charge in [-0.05, 0) is 44.7 Å². The Morgan fingerprint density at radius 1 is 1.28 bits per heavy atom. The zero-order chi connectivity index (χ0) is 12.3. The quantitative estimate of drug-likeness (QED) is 0.777. The van der Waals surface area contributed by atoms with E-state index in [9.17, 15) is 9.59 Å². The van der Waals surface area contributed by atoms with Gasteiger partial charge in [0.1, 0.15) is 6.04 Å². The van der Waals surface area contributed by atoms with E-state index in [2.05, 4.69) is 5.32 Å². The number of likely N-dealkylation sites (tertiary alicyclic amines) is 1. The molecule has 2 aliphatic rings. The van der Waals surface area contributed by atoms with Crippen LogP contribution in [0.25, 0.3) is 0 Å². The van der Waals surface area contributed by atoms with Gasteiger partial charge in [-0.3, -0.25) is 9.59 Å². The minimum atomic E-state index is -0.370. The van der Waals surface area contributed by atoms with Crippen molar-refractivity contribution in [2.24, 2.45) is 11.7 Å². The van der Waals surface area contributed by atoms with Gasteiger partial charge in [0.2, 0.25) is 11.8 Å². The molecule has 0 saturated carbocycles. The predicted octanol–water partition coefficient (Wildman–Crippen LogP) is 0.274. The van der Waals surface area contributed by atoms with E-state index < -0.39 is 0 Å². The van der Waals surface area contributed by atoms with E-state index in [-0.39, 0.29) is 30.3 Å². The van der Waals surface area contributed by atoms with Crippen LogP contribution in [0, 0.1) is 5.92 Å². The van der Waals surface area contributed by atoms with Gasteiger partial charge >= 0.3 is 0 Å². The Morgan fingerprint density at radius 3 is 2.67 bits per heavy atom. The van der Waals surface area contributed by atoms with Crippen molar-refractivity contribution in [1.29, 1.82) is 0 Å². The Bertz CT molecular complexity index is 306. The van der Waals surface area contributed by atoms with Crippen LogP contribution < -0.4 is 11.1 Å². The fourth-order valence-corrected chi connectivity index (χ4v) is 2.78. The topological polar surface area (TPSA) is 75.4 Å². The number of nitrogens with zero attached hydrogens (tertiary/aromatic N) is 1.